The van der Waals surface area contributed by atoms with E-state index in [1.807, 2.05) is 20.9 Å². The van der Waals surface area contributed by atoms with Crippen molar-refractivity contribution in [2.45, 2.75) is 34.1 Å². The molecular weight excluding hydrogens is 200 g/mol. The summed E-state index contributed by atoms with van der Waals surface area (Å²) in [5.74, 6) is 2.97. The molecule has 90 valence electrons. The summed E-state index contributed by atoms with van der Waals surface area (Å²) in [6, 6.07) is 0. The van der Waals surface area contributed by atoms with Crippen LogP contribution >= 0.6 is 0 Å². The number of nitrogen functional groups attached to an aromatic ring is 1. The summed E-state index contributed by atoms with van der Waals surface area (Å²) in [4.78, 5) is 10.9. The fourth-order valence-electron chi connectivity index (χ4n) is 1.73. The summed E-state index contributed by atoms with van der Waals surface area (Å²) in [7, 11) is 2.05. The maximum atomic E-state index is 5.89. The third-order valence-corrected chi connectivity index (χ3v) is 2.52. The Bertz CT molecular complexity index is 360. The van der Waals surface area contributed by atoms with Crippen LogP contribution in [0.3, 0.4) is 0 Å². The van der Waals surface area contributed by atoms with Gasteiger partial charge in [0.1, 0.15) is 17.5 Å². The monoisotopic (exact) mass is 222 g/mol. The lowest BCUT2D eigenvalue weighted by Gasteiger charge is -2.23. The molecule has 4 nitrogen and oxygen atoms in total. The van der Waals surface area contributed by atoms with Gasteiger partial charge in [0.15, 0.2) is 0 Å². The van der Waals surface area contributed by atoms with Gasteiger partial charge in [-0.05, 0) is 12.8 Å². The smallest absolute Gasteiger partial charge is 0.137 e. The van der Waals surface area contributed by atoms with Gasteiger partial charge in [0.05, 0.1) is 0 Å². The van der Waals surface area contributed by atoms with Gasteiger partial charge in [0.2, 0.25) is 0 Å². The van der Waals surface area contributed by atoms with Crippen molar-refractivity contribution in [3.63, 3.8) is 0 Å². The second-order valence-corrected chi connectivity index (χ2v) is 4.60. The van der Waals surface area contributed by atoms with Crippen LogP contribution in [0.25, 0.3) is 0 Å². The van der Waals surface area contributed by atoms with Crippen LogP contribution in [-0.2, 0) is 6.42 Å². The molecule has 0 saturated carbocycles. The zero-order valence-electron chi connectivity index (χ0n) is 10.9. The fourth-order valence-corrected chi connectivity index (χ4v) is 1.73. The van der Waals surface area contributed by atoms with Crippen molar-refractivity contribution in [2.75, 3.05) is 24.2 Å². The largest absolute Gasteiger partial charge is 0.383 e. The molecule has 4 heteroatoms. The highest BCUT2D eigenvalue weighted by Crippen LogP contribution is 2.21. The molecule has 16 heavy (non-hydrogen) atoms. The summed E-state index contributed by atoms with van der Waals surface area (Å²) in [5, 5.41) is 0. The summed E-state index contributed by atoms with van der Waals surface area (Å²) in [6.45, 7) is 9.37. The molecule has 2 N–H and O–H groups in total. The highest BCUT2D eigenvalue weighted by atomic mass is 15.2. The molecule has 0 atom stereocenters. The molecule has 0 aromatic carbocycles. The second kappa shape index (κ2) is 5.14. The fraction of sp³-hybridized carbons (Fsp3) is 0.667. The first kappa shape index (κ1) is 12.7. The summed E-state index contributed by atoms with van der Waals surface area (Å²) >= 11 is 0. The van der Waals surface area contributed by atoms with E-state index in [4.69, 9.17) is 5.73 Å². The summed E-state index contributed by atoms with van der Waals surface area (Å²) < 4.78 is 0. The van der Waals surface area contributed by atoms with Gasteiger partial charge in [-0.3, -0.25) is 0 Å². The first-order chi connectivity index (χ1) is 7.45. The van der Waals surface area contributed by atoms with Gasteiger partial charge in [-0.15, -0.1) is 0 Å². The molecule has 0 fully saturated rings. The molecule has 1 heterocycles. The van der Waals surface area contributed by atoms with Gasteiger partial charge >= 0.3 is 0 Å². The standard InChI is InChI=1S/C12H22N4/c1-6-10-14-11(13)9(4)12(15-10)16(5)7-8(2)3/h8H,6-7H2,1-5H3,(H2,13,14,15). The molecule has 0 aliphatic heterocycles. The van der Waals surface area contributed by atoms with Crippen molar-refractivity contribution >= 4 is 11.6 Å². The number of anilines is 2. The molecule has 0 saturated heterocycles. The molecule has 1 aromatic rings. The van der Waals surface area contributed by atoms with E-state index in [2.05, 4.69) is 28.7 Å². The van der Waals surface area contributed by atoms with Crippen molar-refractivity contribution in [1.29, 1.82) is 0 Å². The van der Waals surface area contributed by atoms with Crippen molar-refractivity contribution < 1.29 is 0 Å². The molecule has 0 radical (unpaired) electrons. The van der Waals surface area contributed by atoms with Gasteiger partial charge in [-0.1, -0.05) is 20.8 Å². The average molecular weight is 222 g/mol. The van der Waals surface area contributed by atoms with Crippen molar-refractivity contribution in [1.82, 2.24) is 9.97 Å². The van der Waals surface area contributed by atoms with E-state index >= 15 is 0 Å². The topological polar surface area (TPSA) is 55.0 Å². The van der Waals surface area contributed by atoms with Gasteiger partial charge in [0, 0.05) is 25.6 Å². The predicted octanol–water partition coefficient (Wildman–Crippen LogP) is 2.02. The van der Waals surface area contributed by atoms with Crippen LogP contribution < -0.4 is 10.6 Å². The molecule has 0 unspecified atom stereocenters. The van der Waals surface area contributed by atoms with E-state index in [-0.39, 0.29) is 0 Å². The highest BCUT2D eigenvalue weighted by Gasteiger charge is 2.12. The van der Waals surface area contributed by atoms with Gasteiger partial charge < -0.3 is 10.6 Å². The number of aromatic nitrogens is 2. The molecule has 1 rings (SSSR count). The SMILES string of the molecule is CCc1nc(N)c(C)c(N(C)CC(C)C)n1. The van der Waals surface area contributed by atoms with Crippen LogP contribution in [0, 0.1) is 12.8 Å². The lowest BCUT2D eigenvalue weighted by Crippen LogP contribution is -2.25. The summed E-state index contributed by atoms with van der Waals surface area (Å²) in [5.41, 5.74) is 6.86. The number of aryl methyl sites for hydroxylation is 1. The number of rotatable bonds is 4. The molecular formula is C12H22N4. The van der Waals surface area contributed by atoms with Gasteiger partial charge in [0.25, 0.3) is 0 Å². The summed E-state index contributed by atoms with van der Waals surface area (Å²) in [6.07, 6.45) is 0.812. The third kappa shape index (κ3) is 2.84. The van der Waals surface area contributed by atoms with Crippen molar-refractivity contribution in [3.05, 3.63) is 11.4 Å². The molecule has 0 amide bonds. The second-order valence-electron chi connectivity index (χ2n) is 4.60. The van der Waals surface area contributed by atoms with Crippen LogP contribution in [0.4, 0.5) is 11.6 Å². The van der Waals surface area contributed by atoms with Crippen LogP contribution in [0.5, 0.6) is 0 Å². The van der Waals surface area contributed by atoms with Crippen LogP contribution in [0.1, 0.15) is 32.2 Å². The van der Waals surface area contributed by atoms with E-state index in [0.717, 1.165) is 30.2 Å². The lowest BCUT2D eigenvalue weighted by atomic mass is 10.2. The quantitative estimate of drug-likeness (QED) is 0.846. The molecule has 0 aliphatic carbocycles. The first-order valence-corrected chi connectivity index (χ1v) is 5.79. The van der Waals surface area contributed by atoms with E-state index in [1.165, 1.54) is 0 Å². The van der Waals surface area contributed by atoms with E-state index in [0.29, 0.717) is 11.7 Å². The Labute approximate surface area is 97.9 Å². The maximum Gasteiger partial charge on any atom is 0.137 e. The van der Waals surface area contributed by atoms with E-state index in [9.17, 15) is 0 Å². The number of nitrogens with two attached hydrogens (primary N) is 1. The van der Waals surface area contributed by atoms with Gasteiger partial charge in [-0.2, -0.15) is 0 Å². The minimum atomic E-state index is 0.595. The lowest BCUT2D eigenvalue weighted by molar-refractivity contribution is 0.632. The zero-order valence-corrected chi connectivity index (χ0v) is 10.9. The molecule has 1 aromatic heterocycles. The Morgan fingerprint density at radius 1 is 1.31 bits per heavy atom. The Balaban J connectivity index is 3.06. The number of hydrogen-bond acceptors (Lipinski definition) is 4. The maximum absolute atomic E-state index is 5.89. The molecule has 0 aliphatic rings. The minimum Gasteiger partial charge on any atom is -0.383 e. The number of nitrogens with zero attached hydrogens (tertiary/aromatic N) is 3. The van der Waals surface area contributed by atoms with Crippen molar-refractivity contribution in [2.24, 2.45) is 5.92 Å². The van der Waals surface area contributed by atoms with Crippen molar-refractivity contribution in [3.8, 4) is 0 Å². The average Bonchev–Trinajstić information content (AvgIpc) is 2.20. The van der Waals surface area contributed by atoms with Gasteiger partial charge in [-0.25, -0.2) is 9.97 Å². The zero-order chi connectivity index (χ0) is 12.3. The highest BCUT2D eigenvalue weighted by molar-refractivity contribution is 5.56. The number of hydrogen-bond donors (Lipinski definition) is 1. The Hall–Kier alpha value is -1.32. The Kier molecular flexibility index (Phi) is 4.10. The predicted molar refractivity (Wildman–Crippen MR) is 68.7 cm³/mol. The Morgan fingerprint density at radius 2 is 1.94 bits per heavy atom. The minimum absolute atomic E-state index is 0.595. The normalized spacial score (nSPS) is 10.9. The molecule has 0 bridgehead atoms. The third-order valence-electron chi connectivity index (χ3n) is 2.52. The van der Waals surface area contributed by atoms with E-state index < -0.39 is 0 Å². The van der Waals surface area contributed by atoms with Crippen LogP contribution in [0.15, 0.2) is 0 Å². The molecule has 0 spiro atoms. The van der Waals surface area contributed by atoms with Crippen LogP contribution in [0.2, 0.25) is 0 Å². The Morgan fingerprint density at radius 3 is 2.44 bits per heavy atom. The first-order valence-electron chi connectivity index (χ1n) is 5.79. The van der Waals surface area contributed by atoms with E-state index in [1.54, 1.807) is 0 Å². The van der Waals surface area contributed by atoms with Crippen LogP contribution in [-0.4, -0.2) is 23.6 Å².